The molecular weight excluding hydrogens is 715 g/mol. The summed E-state index contributed by atoms with van der Waals surface area (Å²) in [7, 11) is 0. The molecule has 59 heavy (non-hydrogen) atoms. The molecule has 0 aromatic heterocycles. The lowest BCUT2D eigenvalue weighted by molar-refractivity contribution is 0.442. The largest absolute Gasteiger partial charge is 0.456 e. The Balaban J connectivity index is 1.13. The third-order valence-electron chi connectivity index (χ3n) is 12.0. The molecule has 10 aromatic carbocycles. The maximum Gasteiger partial charge on any atom is 0.140 e. The summed E-state index contributed by atoms with van der Waals surface area (Å²) in [6.07, 6.45) is 0. The van der Waals surface area contributed by atoms with Crippen LogP contribution in [0.15, 0.2) is 237 Å². The van der Waals surface area contributed by atoms with Crippen LogP contribution >= 0.6 is 0 Å². The van der Waals surface area contributed by atoms with E-state index in [4.69, 9.17) is 4.74 Å². The molecule has 10 aromatic rings. The molecule has 0 bridgehead atoms. The van der Waals surface area contributed by atoms with Crippen molar-refractivity contribution in [1.29, 1.82) is 0 Å². The van der Waals surface area contributed by atoms with Crippen LogP contribution in [0.1, 0.15) is 22.3 Å². The number of hydrogen-bond acceptors (Lipinski definition) is 2. The van der Waals surface area contributed by atoms with Gasteiger partial charge in [-0.05, 0) is 92.0 Å². The zero-order chi connectivity index (χ0) is 39.2. The Hall–Kier alpha value is -7.68. The van der Waals surface area contributed by atoms with Crippen molar-refractivity contribution in [3.8, 4) is 33.8 Å². The third kappa shape index (κ3) is 5.72. The van der Waals surface area contributed by atoms with Gasteiger partial charge in [-0.1, -0.05) is 194 Å². The molecule has 0 spiro atoms. The van der Waals surface area contributed by atoms with Crippen LogP contribution in [0, 0.1) is 0 Å². The second-order valence-electron chi connectivity index (χ2n) is 15.2. The molecular formula is C57H39NO. The van der Waals surface area contributed by atoms with Gasteiger partial charge < -0.3 is 9.64 Å². The Morgan fingerprint density at radius 2 is 0.695 bits per heavy atom. The fourth-order valence-electron chi connectivity index (χ4n) is 9.33. The van der Waals surface area contributed by atoms with Crippen LogP contribution in [-0.2, 0) is 5.41 Å². The van der Waals surface area contributed by atoms with E-state index in [1.807, 2.05) is 0 Å². The van der Waals surface area contributed by atoms with Crippen LogP contribution in [0.2, 0.25) is 0 Å². The van der Waals surface area contributed by atoms with Crippen molar-refractivity contribution in [1.82, 2.24) is 0 Å². The highest BCUT2D eigenvalue weighted by atomic mass is 16.5. The molecule has 0 saturated heterocycles. The minimum Gasteiger partial charge on any atom is -0.456 e. The Kier molecular flexibility index (Phi) is 8.41. The van der Waals surface area contributed by atoms with Gasteiger partial charge in [0.05, 0.1) is 5.41 Å². The van der Waals surface area contributed by atoms with E-state index in [0.717, 1.165) is 45.1 Å². The second-order valence-corrected chi connectivity index (χ2v) is 15.2. The molecule has 1 aliphatic heterocycles. The number of hydrogen-bond donors (Lipinski definition) is 0. The summed E-state index contributed by atoms with van der Waals surface area (Å²) in [4.78, 5) is 2.36. The highest BCUT2D eigenvalue weighted by Crippen LogP contribution is 2.59. The fourth-order valence-corrected chi connectivity index (χ4v) is 9.33. The van der Waals surface area contributed by atoms with Crippen molar-refractivity contribution in [3.05, 3.63) is 259 Å². The van der Waals surface area contributed by atoms with Gasteiger partial charge in [0.15, 0.2) is 0 Å². The molecule has 0 saturated carbocycles. The number of para-hydroxylation sites is 1. The predicted molar refractivity (Wildman–Crippen MR) is 245 cm³/mol. The van der Waals surface area contributed by atoms with Crippen LogP contribution in [0.5, 0.6) is 11.5 Å². The first kappa shape index (κ1) is 34.6. The summed E-state index contributed by atoms with van der Waals surface area (Å²) < 4.78 is 7.05. The van der Waals surface area contributed by atoms with E-state index >= 15 is 0 Å². The number of benzene rings is 10. The second kappa shape index (κ2) is 14.4. The summed E-state index contributed by atoms with van der Waals surface area (Å²) in [5, 5.41) is 4.69. The number of fused-ring (bicyclic) bond motifs is 7. The molecule has 2 heteroatoms. The molecule has 1 atom stereocenters. The zero-order valence-electron chi connectivity index (χ0n) is 32.4. The van der Waals surface area contributed by atoms with Gasteiger partial charge in [0.1, 0.15) is 11.5 Å². The number of ether oxygens (including phenoxy) is 1. The molecule has 0 radical (unpaired) electrons. The Morgan fingerprint density at radius 3 is 1.25 bits per heavy atom. The van der Waals surface area contributed by atoms with Crippen LogP contribution in [0.3, 0.4) is 0 Å². The average Bonchev–Trinajstić information content (AvgIpc) is 3.32. The predicted octanol–water partition coefficient (Wildman–Crippen LogP) is 15.3. The SMILES string of the molecule is c1ccc(-c2ccc(N(c3ccc(-c4ccccc4)cc3)c3ccc(C4(c5ccccc5)c5ccccc5Oc5c4c4ccccc4c4ccccc54)cc3)cc2)cc1. The molecule has 0 N–H and O–H groups in total. The van der Waals surface area contributed by atoms with E-state index in [9.17, 15) is 0 Å². The lowest BCUT2D eigenvalue weighted by atomic mass is 9.62. The van der Waals surface area contributed by atoms with Crippen LogP contribution < -0.4 is 9.64 Å². The van der Waals surface area contributed by atoms with Gasteiger partial charge in [-0.15, -0.1) is 0 Å². The van der Waals surface area contributed by atoms with Gasteiger partial charge in [-0.2, -0.15) is 0 Å². The molecule has 1 aliphatic rings. The maximum atomic E-state index is 7.05. The molecule has 2 nitrogen and oxygen atoms in total. The highest BCUT2D eigenvalue weighted by molar-refractivity contribution is 6.14. The first-order valence-electron chi connectivity index (χ1n) is 20.3. The normalized spacial score (nSPS) is 14.3. The molecule has 0 amide bonds. The Labute approximate surface area is 344 Å². The zero-order valence-corrected chi connectivity index (χ0v) is 32.4. The lowest BCUT2D eigenvalue weighted by Gasteiger charge is -2.43. The molecule has 1 unspecified atom stereocenters. The highest BCUT2D eigenvalue weighted by Gasteiger charge is 2.47. The van der Waals surface area contributed by atoms with Gasteiger partial charge >= 0.3 is 0 Å². The molecule has 278 valence electrons. The van der Waals surface area contributed by atoms with Gasteiger partial charge in [0.2, 0.25) is 0 Å². The van der Waals surface area contributed by atoms with Gasteiger partial charge in [0.25, 0.3) is 0 Å². The van der Waals surface area contributed by atoms with Gasteiger partial charge in [-0.3, -0.25) is 0 Å². The van der Waals surface area contributed by atoms with E-state index in [1.54, 1.807) is 0 Å². The molecule has 0 fully saturated rings. The maximum absolute atomic E-state index is 7.05. The minimum atomic E-state index is -0.687. The first-order chi connectivity index (χ1) is 29.3. The number of anilines is 3. The third-order valence-corrected chi connectivity index (χ3v) is 12.0. The van der Waals surface area contributed by atoms with Crippen molar-refractivity contribution >= 4 is 38.6 Å². The molecule has 11 rings (SSSR count). The summed E-state index contributed by atoms with van der Waals surface area (Å²) in [5.74, 6) is 1.77. The van der Waals surface area contributed by atoms with E-state index in [2.05, 4.69) is 241 Å². The molecule has 1 heterocycles. The summed E-state index contributed by atoms with van der Waals surface area (Å²) in [6, 6.07) is 85.2. The minimum absolute atomic E-state index is 0.687. The smallest absolute Gasteiger partial charge is 0.140 e. The van der Waals surface area contributed by atoms with Crippen molar-refractivity contribution in [3.63, 3.8) is 0 Å². The van der Waals surface area contributed by atoms with Crippen LogP contribution in [0.4, 0.5) is 17.1 Å². The van der Waals surface area contributed by atoms with Gasteiger partial charge in [0, 0.05) is 33.6 Å². The standard InChI is InChI=1S/C57H39NO/c1-4-16-40(17-5-1)42-28-34-46(35-29-42)58(47-36-30-43(31-37-47)41-18-6-2-7-19-41)48-38-32-45(33-39-48)57(44-20-8-3-9-21-44)53-26-14-15-27-54(53)59-56-52-25-13-11-23-50(52)49-22-10-12-24-51(49)55(56)57/h1-39H. The number of nitrogens with zero attached hydrogens (tertiary/aromatic N) is 1. The van der Waals surface area contributed by atoms with E-state index in [-0.39, 0.29) is 0 Å². The van der Waals surface area contributed by atoms with Crippen molar-refractivity contribution in [2.75, 3.05) is 4.90 Å². The Morgan fingerprint density at radius 1 is 0.305 bits per heavy atom. The first-order valence-corrected chi connectivity index (χ1v) is 20.3. The quantitative estimate of drug-likeness (QED) is 0.150. The topological polar surface area (TPSA) is 12.5 Å². The van der Waals surface area contributed by atoms with E-state index in [0.29, 0.717) is 0 Å². The number of rotatable bonds is 7. The molecule has 0 aliphatic carbocycles. The fraction of sp³-hybridized carbons (Fsp3) is 0.0175. The summed E-state index contributed by atoms with van der Waals surface area (Å²) in [6.45, 7) is 0. The van der Waals surface area contributed by atoms with Crippen molar-refractivity contribution in [2.24, 2.45) is 0 Å². The summed E-state index contributed by atoms with van der Waals surface area (Å²) >= 11 is 0. The summed E-state index contributed by atoms with van der Waals surface area (Å²) in [5.41, 5.74) is 12.0. The van der Waals surface area contributed by atoms with E-state index in [1.165, 1.54) is 49.5 Å². The van der Waals surface area contributed by atoms with Crippen molar-refractivity contribution < 1.29 is 4.74 Å². The lowest BCUT2D eigenvalue weighted by Crippen LogP contribution is -2.34. The van der Waals surface area contributed by atoms with Crippen LogP contribution in [0.25, 0.3) is 43.8 Å². The Bertz CT molecular complexity index is 3000. The van der Waals surface area contributed by atoms with Crippen molar-refractivity contribution in [2.45, 2.75) is 5.41 Å². The van der Waals surface area contributed by atoms with Gasteiger partial charge in [-0.25, -0.2) is 0 Å². The monoisotopic (exact) mass is 753 g/mol. The van der Waals surface area contributed by atoms with Crippen LogP contribution in [-0.4, -0.2) is 0 Å². The average molecular weight is 754 g/mol. The van der Waals surface area contributed by atoms with E-state index < -0.39 is 5.41 Å².